The second-order valence-electron chi connectivity index (χ2n) is 3.49. The number of amides is 1. The van der Waals surface area contributed by atoms with E-state index in [-0.39, 0.29) is 17.9 Å². The van der Waals surface area contributed by atoms with Crippen molar-refractivity contribution in [2.75, 3.05) is 19.6 Å². The summed E-state index contributed by atoms with van der Waals surface area (Å²) in [6.45, 7) is 5.98. The summed E-state index contributed by atoms with van der Waals surface area (Å²) in [4.78, 5) is 13.3. The predicted molar refractivity (Wildman–Crippen MR) is 48.8 cm³/mol. The van der Waals surface area contributed by atoms with Gasteiger partial charge in [-0.2, -0.15) is 5.26 Å². The molecule has 1 aliphatic rings. The maximum absolute atomic E-state index is 11.2. The van der Waals surface area contributed by atoms with Crippen molar-refractivity contribution in [1.82, 2.24) is 10.2 Å². The van der Waals surface area contributed by atoms with Crippen LogP contribution in [0, 0.1) is 17.2 Å². The minimum Gasteiger partial charge on any atom is -0.353 e. The molecule has 0 aromatic heterocycles. The maximum atomic E-state index is 11.2. The van der Waals surface area contributed by atoms with Crippen molar-refractivity contribution < 1.29 is 4.79 Å². The lowest BCUT2D eigenvalue weighted by molar-refractivity contribution is -0.128. The minimum absolute atomic E-state index is 0.00616. The lowest BCUT2D eigenvalue weighted by Gasteiger charge is -2.33. The van der Waals surface area contributed by atoms with Gasteiger partial charge in [-0.1, -0.05) is 0 Å². The molecular formula is C9H15N3O. The van der Waals surface area contributed by atoms with Crippen LogP contribution in [0.25, 0.3) is 0 Å². The third-order valence-electron chi connectivity index (χ3n) is 2.35. The molecule has 0 aliphatic carbocycles. The fourth-order valence-corrected chi connectivity index (χ4v) is 1.47. The van der Waals surface area contributed by atoms with Crippen LogP contribution in [-0.2, 0) is 4.79 Å². The molecule has 1 aliphatic heterocycles. The predicted octanol–water partition coefficient (Wildman–Crippen LogP) is -0.0336. The van der Waals surface area contributed by atoms with Crippen molar-refractivity contribution >= 4 is 5.91 Å². The van der Waals surface area contributed by atoms with Gasteiger partial charge in [0.25, 0.3) is 0 Å². The second-order valence-corrected chi connectivity index (χ2v) is 3.49. The smallest absolute Gasteiger partial charge is 0.237 e. The van der Waals surface area contributed by atoms with Crippen LogP contribution in [0.5, 0.6) is 0 Å². The highest BCUT2D eigenvalue weighted by Gasteiger charge is 2.25. The molecule has 0 saturated carbocycles. The molecule has 1 rings (SSSR count). The summed E-state index contributed by atoms with van der Waals surface area (Å²) in [5.41, 5.74) is 0. The zero-order chi connectivity index (χ0) is 9.84. The Bertz CT molecular complexity index is 234. The van der Waals surface area contributed by atoms with E-state index in [2.05, 4.69) is 11.4 Å². The number of hydrogen-bond acceptors (Lipinski definition) is 3. The van der Waals surface area contributed by atoms with Gasteiger partial charge in [0.1, 0.15) is 0 Å². The van der Waals surface area contributed by atoms with Gasteiger partial charge in [0.15, 0.2) is 0 Å². The van der Waals surface area contributed by atoms with Crippen LogP contribution in [0.15, 0.2) is 0 Å². The number of hydrogen-bond donors (Lipinski definition) is 1. The molecule has 0 bridgehead atoms. The second kappa shape index (κ2) is 4.24. The number of rotatable bonds is 2. The van der Waals surface area contributed by atoms with E-state index in [1.165, 1.54) is 0 Å². The van der Waals surface area contributed by atoms with Crippen LogP contribution in [0.4, 0.5) is 0 Å². The SMILES string of the molecule is CC(C#N)CN1CCNC(=O)C1C. The fourth-order valence-electron chi connectivity index (χ4n) is 1.47. The van der Waals surface area contributed by atoms with Crippen molar-refractivity contribution in [3.63, 3.8) is 0 Å². The van der Waals surface area contributed by atoms with E-state index in [1.54, 1.807) is 0 Å². The quantitative estimate of drug-likeness (QED) is 0.650. The zero-order valence-electron chi connectivity index (χ0n) is 8.08. The van der Waals surface area contributed by atoms with E-state index in [9.17, 15) is 4.79 Å². The Morgan fingerprint density at radius 3 is 3.15 bits per heavy atom. The Labute approximate surface area is 78.5 Å². The van der Waals surface area contributed by atoms with Gasteiger partial charge in [0, 0.05) is 19.6 Å². The molecule has 72 valence electrons. The van der Waals surface area contributed by atoms with Gasteiger partial charge in [0.2, 0.25) is 5.91 Å². The first-order valence-electron chi connectivity index (χ1n) is 4.56. The van der Waals surface area contributed by atoms with Crippen LogP contribution in [0.2, 0.25) is 0 Å². The molecule has 4 nitrogen and oxygen atoms in total. The topological polar surface area (TPSA) is 56.1 Å². The minimum atomic E-state index is -0.0930. The first-order chi connectivity index (χ1) is 6.15. The van der Waals surface area contributed by atoms with Gasteiger partial charge >= 0.3 is 0 Å². The van der Waals surface area contributed by atoms with E-state index < -0.39 is 0 Å². The van der Waals surface area contributed by atoms with Crippen LogP contribution in [0.1, 0.15) is 13.8 Å². The lowest BCUT2D eigenvalue weighted by Crippen LogP contribution is -2.54. The lowest BCUT2D eigenvalue weighted by atomic mass is 10.1. The summed E-state index contributed by atoms with van der Waals surface area (Å²) < 4.78 is 0. The van der Waals surface area contributed by atoms with E-state index in [4.69, 9.17) is 5.26 Å². The Hall–Kier alpha value is -1.08. The molecule has 2 unspecified atom stereocenters. The third-order valence-corrected chi connectivity index (χ3v) is 2.35. The van der Waals surface area contributed by atoms with Crippen LogP contribution in [0.3, 0.4) is 0 Å². The molecule has 0 aromatic rings. The van der Waals surface area contributed by atoms with Crippen LogP contribution >= 0.6 is 0 Å². The molecule has 2 atom stereocenters. The molecule has 13 heavy (non-hydrogen) atoms. The van der Waals surface area contributed by atoms with E-state index in [0.29, 0.717) is 13.1 Å². The van der Waals surface area contributed by atoms with Gasteiger partial charge in [-0.15, -0.1) is 0 Å². The van der Waals surface area contributed by atoms with Crippen LogP contribution in [-0.4, -0.2) is 36.5 Å². The molecular weight excluding hydrogens is 166 g/mol. The Kier molecular flexibility index (Phi) is 3.26. The first kappa shape index (κ1) is 10.0. The Morgan fingerprint density at radius 2 is 2.54 bits per heavy atom. The molecule has 1 saturated heterocycles. The number of nitrogens with zero attached hydrogens (tertiary/aromatic N) is 2. The molecule has 1 fully saturated rings. The average Bonchev–Trinajstić information content (AvgIpc) is 2.13. The summed E-state index contributed by atoms with van der Waals surface area (Å²) in [5.74, 6) is 0.0599. The molecule has 1 N–H and O–H groups in total. The van der Waals surface area contributed by atoms with Crippen LogP contribution < -0.4 is 5.32 Å². The zero-order valence-corrected chi connectivity index (χ0v) is 8.08. The summed E-state index contributed by atoms with van der Waals surface area (Å²) in [7, 11) is 0. The van der Waals surface area contributed by atoms with E-state index in [0.717, 1.165) is 6.54 Å². The first-order valence-corrected chi connectivity index (χ1v) is 4.56. The van der Waals surface area contributed by atoms with Crippen molar-refractivity contribution in [2.24, 2.45) is 5.92 Å². The third kappa shape index (κ3) is 2.43. The molecule has 0 radical (unpaired) electrons. The van der Waals surface area contributed by atoms with Crippen molar-refractivity contribution in [1.29, 1.82) is 5.26 Å². The monoisotopic (exact) mass is 181 g/mol. The number of carbonyl (C=O) groups is 1. The highest BCUT2D eigenvalue weighted by molar-refractivity contribution is 5.81. The molecule has 1 heterocycles. The van der Waals surface area contributed by atoms with Crippen molar-refractivity contribution in [3.05, 3.63) is 0 Å². The maximum Gasteiger partial charge on any atom is 0.237 e. The number of carbonyl (C=O) groups excluding carboxylic acids is 1. The number of nitriles is 1. The van der Waals surface area contributed by atoms with Gasteiger partial charge in [0.05, 0.1) is 18.0 Å². The molecule has 0 aromatic carbocycles. The molecule has 0 spiro atoms. The number of piperazine rings is 1. The Balaban J connectivity index is 2.49. The normalized spacial score (nSPS) is 26.2. The van der Waals surface area contributed by atoms with Gasteiger partial charge in [-0.05, 0) is 13.8 Å². The summed E-state index contributed by atoms with van der Waals surface area (Å²) in [5, 5.41) is 11.4. The summed E-state index contributed by atoms with van der Waals surface area (Å²) in [6.07, 6.45) is 0. The fraction of sp³-hybridized carbons (Fsp3) is 0.778. The van der Waals surface area contributed by atoms with Gasteiger partial charge in [-0.25, -0.2) is 0 Å². The highest BCUT2D eigenvalue weighted by Crippen LogP contribution is 2.06. The largest absolute Gasteiger partial charge is 0.353 e. The summed E-state index contributed by atoms with van der Waals surface area (Å²) in [6, 6.07) is 2.08. The Morgan fingerprint density at radius 1 is 1.85 bits per heavy atom. The molecule has 1 amide bonds. The molecule has 4 heteroatoms. The van der Waals surface area contributed by atoms with E-state index >= 15 is 0 Å². The van der Waals surface area contributed by atoms with Crippen molar-refractivity contribution in [2.45, 2.75) is 19.9 Å². The van der Waals surface area contributed by atoms with E-state index in [1.807, 2.05) is 18.7 Å². The van der Waals surface area contributed by atoms with Gasteiger partial charge in [-0.3, -0.25) is 9.69 Å². The number of nitrogens with one attached hydrogen (secondary N) is 1. The standard InChI is InChI=1S/C9H15N3O/c1-7(5-10)6-12-4-3-11-9(13)8(12)2/h7-8H,3-4,6H2,1-2H3,(H,11,13). The summed E-state index contributed by atoms with van der Waals surface area (Å²) >= 11 is 0. The average molecular weight is 181 g/mol. The highest BCUT2D eigenvalue weighted by atomic mass is 16.2. The van der Waals surface area contributed by atoms with Gasteiger partial charge < -0.3 is 5.32 Å². The van der Waals surface area contributed by atoms with Crippen molar-refractivity contribution in [3.8, 4) is 6.07 Å².